The van der Waals surface area contributed by atoms with Crippen molar-refractivity contribution in [2.75, 3.05) is 6.61 Å². The largest absolute Gasteiger partial charge is 0.367 e. The van der Waals surface area contributed by atoms with Crippen LogP contribution in [0.25, 0.3) is 0 Å². The van der Waals surface area contributed by atoms with Crippen LogP contribution in [0.5, 0.6) is 0 Å². The van der Waals surface area contributed by atoms with E-state index in [0.29, 0.717) is 6.61 Å². The van der Waals surface area contributed by atoms with Crippen LogP contribution in [0.3, 0.4) is 0 Å². The second-order valence-electron chi connectivity index (χ2n) is 4.93. The molecule has 0 saturated carbocycles. The van der Waals surface area contributed by atoms with Crippen molar-refractivity contribution in [1.82, 2.24) is 0 Å². The number of benzene rings is 1. The maximum Gasteiger partial charge on any atom is 0.194 e. The van der Waals surface area contributed by atoms with Crippen molar-refractivity contribution in [1.29, 1.82) is 0 Å². The minimum absolute atomic E-state index is 0.114. The summed E-state index contributed by atoms with van der Waals surface area (Å²) in [4.78, 5) is 12.5. The number of carbonyl (C=O) groups excluding carboxylic acids is 1. The first kappa shape index (κ1) is 12.8. The van der Waals surface area contributed by atoms with Crippen LogP contribution in [-0.4, -0.2) is 18.0 Å². The molecule has 3 heteroatoms. The lowest BCUT2D eigenvalue weighted by Gasteiger charge is -2.22. The number of halogens is 1. The number of rotatable bonds is 2. The minimum atomic E-state index is -0.620. The van der Waals surface area contributed by atoms with E-state index < -0.39 is 5.60 Å². The molecule has 1 fully saturated rings. The summed E-state index contributed by atoms with van der Waals surface area (Å²) in [5.74, 6) is 0.114. The molecule has 2 rings (SSSR count). The summed E-state index contributed by atoms with van der Waals surface area (Å²) in [5, 5.41) is 0. The van der Waals surface area contributed by atoms with Crippen molar-refractivity contribution in [3.8, 4) is 0 Å². The van der Waals surface area contributed by atoms with E-state index in [0.717, 1.165) is 34.0 Å². The van der Waals surface area contributed by atoms with Gasteiger partial charge in [-0.1, -0.05) is 15.9 Å². The summed E-state index contributed by atoms with van der Waals surface area (Å²) in [5.41, 5.74) is 2.25. The lowest BCUT2D eigenvalue weighted by molar-refractivity contribution is 0.0213. The van der Waals surface area contributed by atoms with Crippen molar-refractivity contribution < 1.29 is 9.53 Å². The molecule has 1 aromatic rings. The molecule has 0 spiro atoms. The quantitative estimate of drug-likeness (QED) is 0.776. The fraction of sp³-hybridized carbons (Fsp3) is 0.500. The number of carbonyl (C=O) groups is 1. The summed E-state index contributed by atoms with van der Waals surface area (Å²) < 4.78 is 6.67. The van der Waals surface area contributed by atoms with E-state index in [1.165, 1.54) is 0 Å². The van der Waals surface area contributed by atoms with Crippen LogP contribution in [0.1, 0.15) is 41.3 Å². The standard InChI is InChI=1S/C14H17BrO2/c1-9-8-12(15)10(2)7-11(9)13(16)14(3)5-4-6-17-14/h7-8H,4-6H2,1-3H3. The first-order valence-electron chi connectivity index (χ1n) is 5.89. The Hall–Kier alpha value is -0.670. The Kier molecular flexibility index (Phi) is 3.41. The van der Waals surface area contributed by atoms with Gasteiger partial charge in [0.15, 0.2) is 5.78 Å². The SMILES string of the molecule is Cc1cc(C(=O)C2(C)CCCO2)c(C)cc1Br. The maximum absolute atomic E-state index is 12.5. The molecule has 1 aliphatic heterocycles. The van der Waals surface area contributed by atoms with Gasteiger partial charge in [-0.25, -0.2) is 0 Å². The summed E-state index contributed by atoms with van der Waals surface area (Å²) in [6.45, 7) is 6.56. The van der Waals surface area contributed by atoms with Crippen LogP contribution in [-0.2, 0) is 4.74 Å². The molecule has 1 atom stereocenters. The van der Waals surface area contributed by atoms with E-state index in [-0.39, 0.29) is 5.78 Å². The Morgan fingerprint density at radius 1 is 1.35 bits per heavy atom. The molecule has 0 N–H and O–H groups in total. The highest BCUT2D eigenvalue weighted by atomic mass is 79.9. The highest BCUT2D eigenvalue weighted by Gasteiger charge is 2.38. The van der Waals surface area contributed by atoms with Gasteiger partial charge in [0.1, 0.15) is 5.60 Å². The number of ketones is 1. The van der Waals surface area contributed by atoms with E-state index in [1.54, 1.807) is 0 Å². The molecule has 0 bridgehead atoms. The molecule has 0 amide bonds. The average molecular weight is 297 g/mol. The van der Waals surface area contributed by atoms with Crippen LogP contribution in [0.4, 0.5) is 0 Å². The monoisotopic (exact) mass is 296 g/mol. The van der Waals surface area contributed by atoms with Gasteiger partial charge >= 0.3 is 0 Å². The fourth-order valence-corrected chi connectivity index (χ4v) is 2.73. The highest BCUT2D eigenvalue weighted by molar-refractivity contribution is 9.10. The molecule has 1 aliphatic rings. The summed E-state index contributed by atoms with van der Waals surface area (Å²) in [6, 6.07) is 3.95. The third kappa shape index (κ3) is 2.31. The minimum Gasteiger partial charge on any atom is -0.367 e. The van der Waals surface area contributed by atoms with E-state index in [2.05, 4.69) is 15.9 Å². The zero-order valence-electron chi connectivity index (χ0n) is 10.5. The summed E-state index contributed by atoms with van der Waals surface area (Å²) in [7, 11) is 0. The lowest BCUT2D eigenvalue weighted by atomic mass is 9.89. The zero-order chi connectivity index (χ0) is 12.6. The number of ether oxygens (including phenoxy) is 1. The van der Waals surface area contributed by atoms with E-state index in [1.807, 2.05) is 32.9 Å². The average Bonchev–Trinajstić information content (AvgIpc) is 2.71. The van der Waals surface area contributed by atoms with E-state index in [4.69, 9.17) is 4.74 Å². The molecule has 92 valence electrons. The van der Waals surface area contributed by atoms with Crippen LogP contribution in [0.2, 0.25) is 0 Å². The van der Waals surface area contributed by atoms with Gasteiger partial charge in [0.05, 0.1) is 0 Å². The van der Waals surface area contributed by atoms with Gasteiger partial charge < -0.3 is 4.74 Å². The van der Waals surface area contributed by atoms with Gasteiger partial charge in [0.25, 0.3) is 0 Å². The van der Waals surface area contributed by atoms with Crippen molar-refractivity contribution in [2.24, 2.45) is 0 Å². The molecular weight excluding hydrogens is 280 g/mol. The smallest absolute Gasteiger partial charge is 0.194 e. The number of hydrogen-bond acceptors (Lipinski definition) is 2. The lowest BCUT2D eigenvalue weighted by Crippen LogP contribution is -2.34. The van der Waals surface area contributed by atoms with Gasteiger partial charge in [-0.3, -0.25) is 4.79 Å². The fourth-order valence-electron chi connectivity index (χ4n) is 2.27. The molecule has 1 heterocycles. The predicted octanol–water partition coefficient (Wildman–Crippen LogP) is 3.82. The van der Waals surface area contributed by atoms with Crippen molar-refractivity contribution >= 4 is 21.7 Å². The van der Waals surface area contributed by atoms with E-state index in [9.17, 15) is 4.79 Å². The molecule has 0 aromatic heterocycles. The van der Waals surface area contributed by atoms with Crippen molar-refractivity contribution in [3.63, 3.8) is 0 Å². The Labute approximate surface area is 110 Å². The Morgan fingerprint density at radius 3 is 2.65 bits per heavy atom. The maximum atomic E-state index is 12.5. The van der Waals surface area contributed by atoms with Crippen molar-refractivity contribution in [3.05, 3.63) is 33.3 Å². The van der Waals surface area contributed by atoms with Gasteiger partial charge in [0, 0.05) is 16.6 Å². The summed E-state index contributed by atoms with van der Waals surface area (Å²) in [6.07, 6.45) is 1.79. The van der Waals surface area contributed by atoms with Gasteiger partial charge in [-0.2, -0.15) is 0 Å². The molecular formula is C14H17BrO2. The van der Waals surface area contributed by atoms with Gasteiger partial charge in [0.2, 0.25) is 0 Å². The summed E-state index contributed by atoms with van der Waals surface area (Å²) >= 11 is 3.48. The topological polar surface area (TPSA) is 26.3 Å². The van der Waals surface area contributed by atoms with Crippen LogP contribution < -0.4 is 0 Å². The Morgan fingerprint density at radius 2 is 2.06 bits per heavy atom. The molecule has 0 aliphatic carbocycles. The molecule has 2 nitrogen and oxygen atoms in total. The van der Waals surface area contributed by atoms with E-state index >= 15 is 0 Å². The molecule has 0 radical (unpaired) electrons. The number of Topliss-reactive ketones (excluding diaryl/α,β-unsaturated/α-hetero) is 1. The van der Waals surface area contributed by atoms with Gasteiger partial charge in [-0.05, 0) is 56.9 Å². The predicted molar refractivity (Wildman–Crippen MR) is 71.5 cm³/mol. The highest BCUT2D eigenvalue weighted by Crippen LogP contribution is 2.31. The molecule has 1 unspecified atom stereocenters. The van der Waals surface area contributed by atoms with Crippen LogP contribution in [0, 0.1) is 13.8 Å². The van der Waals surface area contributed by atoms with Crippen molar-refractivity contribution in [2.45, 2.75) is 39.2 Å². The third-order valence-corrected chi connectivity index (χ3v) is 4.30. The first-order valence-corrected chi connectivity index (χ1v) is 6.69. The first-order chi connectivity index (χ1) is 7.94. The Bertz CT molecular complexity index is 460. The molecule has 1 aromatic carbocycles. The molecule has 1 saturated heterocycles. The van der Waals surface area contributed by atoms with Gasteiger partial charge in [-0.15, -0.1) is 0 Å². The third-order valence-electron chi connectivity index (χ3n) is 3.45. The van der Waals surface area contributed by atoms with Crippen LogP contribution >= 0.6 is 15.9 Å². The number of aryl methyl sites for hydroxylation is 2. The second-order valence-corrected chi connectivity index (χ2v) is 5.78. The molecule has 17 heavy (non-hydrogen) atoms. The normalized spacial score (nSPS) is 24.0. The zero-order valence-corrected chi connectivity index (χ0v) is 12.1. The Balaban J connectivity index is 2.40. The second kappa shape index (κ2) is 4.54. The number of hydrogen-bond donors (Lipinski definition) is 0. The van der Waals surface area contributed by atoms with Crippen LogP contribution in [0.15, 0.2) is 16.6 Å².